The number of rotatable bonds is 2. The van der Waals surface area contributed by atoms with Crippen LogP contribution in [-0.2, 0) is 0 Å². The van der Waals surface area contributed by atoms with Crippen molar-refractivity contribution in [2.45, 2.75) is 0 Å². The Bertz CT molecular complexity index is 129. The van der Waals surface area contributed by atoms with Gasteiger partial charge in [-0.05, 0) is 18.3 Å². The van der Waals surface area contributed by atoms with Crippen LogP contribution in [0.4, 0.5) is 0 Å². The van der Waals surface area contributed by atoms with Crippen molar-refractivity contribution in [2.75, 3.05) is 7.05 Å². The third-order valence-corrected chi connectivity index (χ3v) is 0.996. The predicted molar refractivity (Wildman–Crippen MR) is 44.1 cm³/mol. The highest BCUT2D eigenvalue weighted by molar-refractivity contribution is 7.80. The standard InChI is InChI=1S/C6H10N2S/c1-3-4-5-8-6(9)7-2/h3-5H,1H2,2H3,(H2,7,8,9)/b5-4+. The lowest BCUT2D eigenvalue weighted by Crippen LogP contribution is -2.27. The van der Waals surface area contributed by atoms with Crippen LogP contribution in [0.5, 0.6) is 0 Å². The molecule has 2 N–H and O–H groups in total. The molecular formula is C6H10N2S. The van der Waals surface area contributed by atoms with E-state index in [0.29, 0.717) is 5.11 Å². The molecule has 0 saturated heterocycles. The Morgan fingerprint density at radius 3 is 2.78 bits per heavy atom. The maximum atomic E-state index is 4.76. The number of hydrogen-bond donors (Lipinski definition) is 2. The van der Waals surface area contributed by atoms with E-state index in [1.807, 2.05) is 0 Å². The van der Waals surface area contributed by atoms with Gasteiger partial charge in [-0.15, -0.1) is 0 Å². The number of thiocarbonyl (C=S) groups is 1. The van der Waals surface area contributed by atoms with Gasteiger partial charge in [0.2, 0.25) is 0 Å². The Kier molecular flexibility index (Phi) is 4.82. The lowest BCUT2D eigenvalue weighted by atomic mass is 10.6. The van der Waals surface area contributed by atoms with Gasteiger partial charge in [-0.3, -0.25) is 0 Å². The first-order chi connectivity index (χ1) is 4.31. The minimum atomic E-state index is 0.605. The number of hydrogen-bond acceptors (Lipinski definition) is 1. The molecular weight excluding hydrogens is 132 g/mol. The van der Waals surface area contributed by atoms with Crippen LogP contribution >= 0.6 is 12.2 Å². The van der Waals surface area contributed by atoms with Crippen molar-refractivity contribution in [3.8, 4) is 0 Å². The molecule has 0 unspecified atom stereocenters. The van der Waals surface area contributed by atoms with Crippen LogP contribution < -0.4 is 10.6 Å². The Balaban J connectivity index is 3.37. The maximum absolute atomic E-state index is 4.76. The van der Waals surface area contributed by atoms with E-state index in [4.69, 9.17) is 12.2 Å². The van der Waals surface area contributed by atoms with E-state index in [1.54, 1.807) is 25.4 Å². The van der Waals surface area contributed by atoms with Gasteiger partial charge in [-0.2, -0.15) is 0 Å². The zero-order chi connectivity index (χ0) is 7.11. The molecule has 0 aromatic rings. The molecule has 0 aliphatic rings. The van der Waals surface area contributed by atoms with Crippen molar-refractivity contribution >= 4 is 17.3 Å². The number of nitrogens with one attached hydrogen (secondary N) is 2. The normalized spacial score (nSPS) is 9.00. The molecule has 9 heavy (non-hydrogen) atoms. The van der Waals surface area contributed by atoms with Crippen LogP contribution in [0, 0.1) is 0 Å². The van der Waals surface area contributed by atoms with Gasteiger partial charge in [0.25, 0.3) is 0 Å². The molecule has 0 rings (SSSR count). The summed E-state index contributed by atoms with van der Waals surface area (Å²) in [6.07, 6.45) is 5.15. The molecule has 50 valence electrons. The molecule has 0 fully saturated rings. The van der Waals surface area contributed by atoms with Crippen LogP contribution in [0.3, 0.4) is 0 Å². The van der Waals surface area contributed by atoms with Crippen molar-refractivity contribution in [1.29, 1.82) is 0 Å². The Labute approximate surface area is 60.6 Å². The quantitative estimate of drug-likeness (QED) is 0.440. The summed E-state index contributed by atoms with van der Waals surface area (Å²) in [6.45, 7) is 3.49. The fraction of sp³-hybridized carbons (Fsp3) is 0.167. The Morgan fingerprint density at radius 2 is 2.33 bits per heavy atom. The molecule has 3 heteroatoms. The molecule has 0 aliphatic carbocycles. The van der Waals surface area contributed by atoms with Crippen LogP contribution in [0.15, 0.2) is 24.9 Å². The van der Waals surface area contributed by atoms with Gasteiger partial charge in [-0.25, -0.2) is 0 Å². The van der Waals surface area contributed by atoms with E-state index in [1.165, 1.54) is 0 Å². The maximum Gasteiger partial charge on any atom is 0.170 e. The molecule has 0 aromatic heterocycles. The van der Waals surface area contributed by atoms with Gasteiger partial charge < -0.3 is 10.6 Å². The molecule has 0 heterocycles. The van der Waals surface area contributed by atoms with Gasteiger partial charge in [0.1, 0.15) is 0 Å². The molecule has 0 spiro atoms. The first kappa shape index (κ1) is 8.17. The highest BCUT2D eigenvalue weighted by Gasteiger charge is 1.79. The zero-order valence-corrected chi connectivity index (χ0v) is 6.16. The van der Waals surface area contributed by atoms with Crippen molar-refractivity contribution in [1.82, 2.24) is 10.6 Å². The molecule has 0 saturated carbocycles. The SMILES string of the molecule is C=C/C=C/NC(=S)NC. The highest BCUT2D eigenvalue weighted by Crippen LogP contribution is 1.68. The van der Waals surface area contributed by atoms with Gasteiger partial charge in [0.15, 0.2) is 5.11 Å². The van der Waals surface area contributed by atoms with Crippen molar-refractivity contribution < 1.29 is 0 Å². The van der Waals surface area contributed by atoms with E-state index in [-0.39, 0.29) is 0 Å². The summed E-state index contributed by atoms with van der Waals surface area (Å²) in [4.78, 5) is 0. The highest BCUT2D eigenvalue weighted by atomic mass is 32.1. The van der Waals surface area contributed by atoms with Crippen LogP contribution in [0.1, 0.15) is 0 Å². The molecule has 0 bridgehead atoms. The molecule has 0 amide bonds. The lowest BCUT2D eigenvalue weighted by Gasteiger charge is -1.98. The third kappa shape index (κ3) is 5.03. The molecule has 2 nitrogen and oxygen atoms in total. The predicted octanol–water partition coefficient (Wildman–Crippen LogP) is 0.780. The first-order valence-electron chi connectivity index (χ1n) is 2.57. The molecule has 0 atom stereocenters. The fourth-order valence-corrected chi connectivity index (χ4v) is 0.332. The summed E-state index contributed by atoms with van der Waals surface area (Å²) >= 11 is 4.76. The minimum absolute atomic E-state index is 0.605. The van der Waals surface area contributed by atoms with Crippen molar-refractivity contribution in [2.24, 2.45) is 0 Å². The van der Waals surface area contributed by atoms with Crippen molar-refractivity contribution in [3.63, 3.8) is 0 Å². The second kappa shape index (κ2) is 5.31. The average Bonchev–Trinajstić information content (AvgIpc) is 1.89. The van der Waals surface area contributed by atoms with Gasteiger partial charge in [0.05, 0.1) is 0 Å². The average molecular weight is 142 g/mol. The number of allylic oxidation sites excluding steroid dienone is 2. The summed E-state index contributed by atoms with van der Waals surface area (Å²) in [5.41, 5.74) is 0. The van der Waals surface area contributed by atoms with Gasteiger partial charge in [0, 0.05) is 13.2 Å². The molecule has 0 aromatic carbocycles. The third-order valence-electron chi connectivity index (χ3n) is 0.674. The summed E-state index contributed by atoms with van der Waals surface area (Å²) in [6, 6.07) is 0. The summed E-state index contributed by atoms with van der Waals surface area (Å²) in [5, 5.41) is 6.17. The summed E-state index contributed by atoms with van der Waals surface area (Å²) in [7, 11) is 1.76. The van der Waals surface area contributed by atoms with Crippen LogP contribution in [0.2, 0.25) is 0 Å². The second-order valence-electron chi connectivity index (χ2n) is 1.32. The van der Waals surface area contributed by atoms with Gasteiger partial charge >= 0.3 is 0 Å². The minimum Gasteiger partial charge on any atom is -0.366 e. The van der Waals surface area contributed by atoms with Gasteiger partial charge in [-0.1, -0.05) is 12.7 Å². The smallest absolute Gasteiger partial charge is 0.170 e. The van der Waals surface area contributed by atoms with Crippen LogP contribution in [0.25, 0.3) is 0 Å². The molecule has 0 aliphatic heterocycles. The van der Waals surface area contributed by atoms with E-state index >= 15 is 0 Å². The summed E-state index contributed by atoms with van der Waals surface area (Å²) in [5.74, 6) is 0. The largest absolute Gasteiger partial charge is 0.366 e. The molecule has 0 radical (unpaired) electrons. The Morgan fingerprint density at radius 1 is 1.67 bits per heavy atom. The Hall–Kier alpha value is -0.830. The van der Waals surface area contributed by atoms with E-state index in [9.17, 15) is 0 Å². The first-order valence-corrected chi connectivity index (χ1v) is 2.98. The second-order valence-corrected chi connectivity index (χ2v) is 1.73. The fourth-order valence-electron chi connectivity index (χ4n) is 0.264. The van der Waals surface area contributed by atoms with E-state index < -0.39 is 0 Å². The zero-order valence-electron chi connectivity index (χ0n) is 5.35. The van der Waals surface area contributed by atoms with E-state index in [0.717, 1.165) is 0 Å². The monoisotopic (exact) mass is 142 g/mol. The van der Waals surface area contributed by atoms with E-state index in [2.05, 4.69) is 17.2 Å². The lowest BCUT2D eigenvalue weighted by molar-refractivity contribution is 1.11. The topological polar surface area (TPSA) is 24.1 Å². The van der Waals surface area contributed by atoms with Crippen molar-refractivity contribution in [3.05, 3.63) is 24.9 Å². The summed E-state index contributed by atoms with van der Waals surface area (Å²) < 4.78 is 0. The van der Waals surface area contributed by atoms with Crippen LogP contribution in [-0.4, -0.2) is 12.2 Å².